The quantitative estimate of drug-likeness (QED) is 0.488. The van der Waals surface area contributed by atoms with E-state index in [0.717, 1.165) is 10.5 Å². The van der Waals surface area contributed by atoms with Crippen LogP contribution in [0.1, 0.15) is 42.5 Å². The van der Waals surface area contributed by atoms with Gasteiger partial charge in [-0.15, -0.1) is 0 Å². The lowest BCUT2D eigenvalue weighted by atomic mass is 10.0. The van der Waals surface area contributed by atoms with Crippen molar-refractivity contribution >= 4 is 23.4 Å². The van der Waals surface area contributed by atoms with Crippen molar-refractivity contribution in [1.82, 2.24) is 15.2 Å². The largest absolute Gasteiger partial charge is 0.396 e. The third-order valence-electron chi connectivity index (χ3n) is 3.90. The molecule has 0 unspecified atom stereocenters. The molecule has 1 aliphatic rings. The molecule has 8 heteroatoms. The number of imide groups is 1. The molecule has 1 aromatic carbocycles. The highest BCUT2D eigenvalue weighted by Crippen LogP contribution is 2.32. The fraction of sp³-hybridized carbons (Fsp3) is 0.118. The second kappa shape index (κ2) is 6.05. The van der Waals surface area contributed by atoms with Crippen LogP contribution in [0.2, 0.25) is 0 Å². The molecule has 0 bridgehead atoms. The third-order valence-corrected chi connectivity index (χ3v) is 3.90. The molecule has 0 fully saturated rings. The Morgan fingerprint density at radius 3 is 2.52 bits per heavy atom. The first-order valence-electron chi connectivity index (χ1n) is 7.35. The van der Waals surface area contributed by atoms with Gasteiger partial charge in [0.1, 0.15) is 0 Å². The van der Waals surface area contributed by atoms with Crippen LogP contribution in [0.25, 0.3) is 0 Å². The summed E-state index contributed by atoms with van der Waals surface area (Å²) in [6, 6.07) is 9.03. The van der Waals surface area contributed by atoms with Crippen LogP contribution in [0.15, 0.2) is 30.3 Å². The van der Waals surface area contributed by atoms with Crippen LogP contribution < -0.4 is 11.1 Å². The van der Waals surface area contributed by atoms with E-state index < -0.39 is 17.7 Å². The van der Waals surface area contributed by atoms with Crippen molar-refractivity contribution in [2.24, 2.45) is 0 Å². The number of hydrogen-bond acceptors (Lipinski definition) is 6. The lowest BCUT2D eigenvalue weighted by molar-refractivity contribution is 0.0642. The number of aryl methyl sites for hydroxylation is 1. The molecule has 0 spiro atoms. The molecule has 2 heterocycles. The topological polar surface area (TPSA) is 129 Å². The van der Waals surface area contributed by atoms with Crippen molar-refractivity contribution in [3.8, 4) is 6.19 Å². The van der Waals surface area contributed by atoms with Gasteiger partial charge in [0.05, 0.1) is 29.1 Å². The minimum atomic E-state index is -0.826. The van der Waals surface area contributed by atoms with Crippen molar-refractivity contribution in [3.05, 3.63) is 58.4 Å². The van der Waals surface area contributed by atoms with Gasteiger partial charge in [-0.2, -0.15) is 5.26 Å². The van der Waals surface area contributed by atoms with Gasteiger partial charge in [0.15, 0.2) is 11.9 Å². The van der Waals surface area contributed by atoms with E-state index in [9.17, 15) is 14.4 Å². The molecule has 8 nitrogen and oxygen atoms in total. The number of nitrogens with zero attached hydrogens (tertiary/aromatic N) is 3. The lowest BCUT2D eigenvalue weighted by Crippen LogP contribution is -2.29. The Morgan fingerprint density at radius 2 is 1.88 bits per heavy atom. The molecule has 0 atom stereocenters. The van der Waals surface area contributed by atoms with Gasteiger partial charge in [-0.05, 0) is 12.5 Å². The number of nitrogen functional groups attached to an aromatic ring is 1. The number of aromatic nitrogens is 1. The summed E-state index contributed by atoms with van der Waals surface area (Å²) in [5, 5.41) is 10.5. The summed E-state index contributed by atoms with van der Waals surface area (Å²) in [4.78, 5) is 42.3. The molecule has 0 radical (unpaired) electrons. The number of benzene rings is 1. The number of fused-ring (bicyclic) bond motifs is 1. The smallest absolute Gasteiger partial charge is 0.285 e. The van der Waals surface area contributed by atoms with Crippen molar-refractivity contribution in [2.75, 3.05) is 5.73 Å². The van der Waals surface area contributed by atoms with Gasteiger partial charge in [-0.25, -0.2) is 4.98 Å². The Hall–Kier alpha value is -3.73. The molecule has 2 aromatic rings. The Kier molecular flexibility index (Phi) is 3.91. The SMILES string of the molecule is Cc1nc(C(=O)NC#N)c(N)c2c1C(=O)N(Cc1ccccc1)C2=O. The number of anilines is 1. The lowest BCUT2D eigenvalue weighted by Gasteiger charge is -2.13. The van der Waals surface area contributed by atoms with E-state index >= 15 is 0 Å². The monoisotopic (exact) mass is 335 g/mol. The van der Waals surface area contributed by atoms with Gasteiger partial charge in [-0.3, -0.25) is 24.6 Å². The minimum absolute atomic E-state index is 0.0449. The molecule has 25 heavy (non-hydrogen) atoms. The highest BCUT2D eigenvalue weighted by Gasteiger charge is 2.40. The second-order valence-electron chi connectivity index (χ2n) is 5.46. The van der Waals surface area contributed by atoms with Crippen molar-refractivity contribution in [1.29, 1.82) is 5.26 Å². The van der Waals surface area contributed by atoms with Gasteiger partial charge in [-0.1, -0.05) is 30.3 Å². The van der Waals surface area contributed by atoms with E-state index in [0.29, 0.717) is 0 Å². The molecular weight excluding hydrogens is 322 g/mol. The zero-order valence-corrected chi connectivity index (χ0v) is 13.2. The predicted molar refractivity (Wildman–Crippen MR) is 87.1 cm³/mol. The van der Waals surface area contributed by atoms with Gasteiger partial charge in [0.2, 0.25) is 0 Å². The van der Waals surface area contributed by atoms with Crippen molar-refractivity contribution in [3.63, 3.8) is 0 Å². The summed E-state index contributed by atoms with van der Waals surface area (Å²) < 4.78 is 0. The molecular formula is C17H13N5O3. The number of carbonyl (C=O) groups is 3. The molecule has 0 saturated heterocycles. The third kappa shape index (κ3) is 2.57. The molecule has 0 aliphatic carbocycles. The number of nitrogens with two attached hydrogens (primary N) is 1. The summed E-state index contributed by atoms with van der Waals surface area (Å²) in [6.45, 7) is 1.60. The first-order chi connectivity index (χ1) is 12.0. The van der Waals surface area contributed by atoms with E-state index in [1.807, 2.05) is 11.4 Å². The highest BCUT2D eigenvalue weighted by molar-refractivity contribution is 6.25. The molecule has 3 amide bonds. The average molecular weight is 335 g/mol. The summed E-state index contributed by atoms with van der Waals surface area (Å²) >= 11 is 0. The average Bonchev–Trinajstić information content (AvgIpc) is 2.85. The second-order valence-corrected chi connectivity index (χ2v) is 5.46. The fourth-order valence-electron chi connectivity index (χ4n) is 2.76. The molecule has 1 aliphatic heterocycles. The van der Waals surface area contributed by atoms with Crippen LogP contribution in [-0.4, -0.2) is 27.6 Å². The fourth-order valence-corrected chi connectivity index (χ4v) is 2.76. The van der Waals surface area contributed by atoms with Crippen LogP contribution in [0.4, 0.5) is 5.69 Å². The Morgan fingerprint density at radius 1 is 1.24 bits per heavy atom. The van der Waals surface area contributed by atoms with Crippen LogP contribution >= 0.6 is 0 Å². The van der Waals surface area contributed by atoms with E-state index in [1.54, 1.807) is 24.3 Å². The molecule has 0 saturated carbocycles. The summed E-state index contributed by atoms with van der Waals surface area (Å²) in [7, 11) is 0. The van der Waals surface area contributed by atoms with Crippen molar-refractivity contribution in [2.45, 2.75) is 13.5 Å². The number of carbonyl (C=O) groups excluding carboxylic acids is 3. The van der Waals surface area contributed by atoms with E-state index in [1.165, 1.54) is 13.1 Å². The van der Waals surface area contributed by atoms with Gasteiger partial charge >= 0.3 is 0 Å². The van der Waals surface area contributed by atoms with Crippen LogP contribution in [-0.2, 0) is 6.54 Å². The summed E-state index contributed by atoms with van der Waals surface area (Å²) in [5.74, 6) is -1.92. The van der Waals surface area contributed by atoms with Gasteiger partial charge in [0.25, 0.3) is 17.7 Å². The van der Waals surface area contributed by atoms with E-state index in [4.69, 9.17) is 11.0 Å². The highest BCUT2D eigenvalue weighted by atomic mass is 16.2. The maximum absolute atomic E-state index is 12.7. The Balaban J connectivity index is 2.06. The first kappa shape index (κ1) is 16.1. The zero-order chi connectivity index (χ0) is 18.1. The molecule has 1 aromatic heterocycles. The zero-order valence-electron chi connectivity index (χ0n) is 13.2. The van der Waals surface area contributed by atoms with Crippen LogP contribution in [0.5, 0.6) is 0 Å². The number of hydrogen-bond donors (Lipinski definition) is 2. The van der Waals surface area contributed by atoms with Crippen molar-refractivity contribution < 1.29 is 14.4 Å². The number of rotatable bonds is 3. The van der Waals surface area contributed by atoms with Crippen LogP contribution in [0.3, 0.4) is 0 Å². The Bertz CT molecular complexity index is 947. The van der Waals surface area contributed by atoms with E-state index in [2.05, 4.69) is 4.98 Å². The van der Waals surface area contributed by atoms with Crippen LogP contribution in [0, 0.1) is 18.4 Å². The minimum Gasteiger partial charge on any atom is -0.396 e. The number of amides is 3. The van der Waals surface area contributed by atoms with Gasteiger partial charge < -0.3 is 5.73 Å². The number of pyridine rings is 1. The molecule has 3 N–H and O–H groups in total. The Labute approximate surface area is 142 Å². The first-order valence-corrected chi connectivity index (χ1v) is 7.35. The normalized spacial score (nSPS) is 12.7. The maximum atomic E-state index is 12.7. The molecule has 124 valence electrons. The standard InChI is InChI=1S/C17H13N5O3/c1-9-11-12(13(19)14(21-9)15(23)20-8-18)17(25)22(16(11)24)7-10-5-3-2-4-6-10/h2-6H,7,19H2,1H3,(H,20,23). The summed E-state index contributed by atoms with van der Waals surface area (Å²) in [5.41, 5.74) is 6.49. The number of nitrogens with one attached hydrogen (secondary N) is 1. The molecule has 3 rings (SSSR count). The van der Waals surface area contributed by atoms with Gasteiger partial charge in [0, 0.05) is 0 Å². The maximum Gasteiger partial charge on any atom is 0.285 e. The predicted octanol–water partition coefficient (Wildman–Crippen LogP) is 0.979. The number of nitriles is 1. The van der Waals surface area contributed by atoms with E-state index in [-0.39, 0.29) is 34.7 Å². The summed E-state index contributed by atoms with van der Waals surface area (Å²) in [6.07, 6.45) is 1.48.